The number of carbonyl (C=O) groups is 1. The fourth-order valence-corrected chi connectivity index (χ4v) is 2.72. The SMILES string of the molecule is CSCc1ccc(NC(=O)NCC(C)(O)c2ccc(F)cc2)cc1. The van der Waals surface area contributed by atoms with Crippen LogP contribution < -0.4 is 10.6 Å². The molecule has 6 heteroatoms. The molecule has 1 unspecified atom stereocenters. The maximum Gasteiger partial charge on any atom is 0.319 e. The van der Waals surface area contributed by atoms with Crippen molar-refractivity contribution in [1.82, 2.24) is 5.32 Å². The molecule has 0 aromatic heterocycles. The Morgan fingerprint density at radius 3 is 2.38 bits per heavy atom. The molecule has 0 aliphatic carbocycles. The van der Waals surface area contributed by atoms with Crippen LogP contribution in [0.5, 0.6) is 0 Å². The van der Waals surface area contributed by atoms with E-state index in [0.717, 1.165) is 5.75 Å². The number of carbonyl (C=O) groups excluding carboxylic acids is 1. The third-order valence-corrected chi connectivity index (χ3v) is 4.20. The first-order valence-electron chi connectivity index (χ1n) is 7.52. The van der Waals surface area contributed by atoms with Crippen LogP contribution in [0.15, 0.2) is 48.5 Å². The first-order valence-corrected chi connectivity index (χ1v) is 8.91. The van der Waals surface area contributed by atoms with Gasteiger partial charge in [0.05, 0.1) is 6.54 Å². The van der Waals surface area contributed by atoms with Gasteiger partial charge < -0.3 is 15.7 Å². The van der Waals surface area contributed by atoms with Gasteiger partial charge in [-0.2, -0.15) is 11.8 Å². The van der Waals surface area contributed by atoms with Crippen LogP contribution in [0, 0.1) is 5.82 Å². The van der Waals surface area contributed by atoms with Crippen molar-refractivity contribution in [2.75, 3.05) is 18.1 Å². The number of nitrogens with one attached hydrogen (secondary N) is 2. The highest BCUT2D eigenvalue weighted by molar-refractivity contribution is 7.97. The molecule has 0 aliphatic rings. The standard InChI is InChI=1S/C18H21FN2O2S/c1-18(23,14-5-7-15(19)8-6-14)12-20-17(22)21-16-9-3-13(4-10-16)11-24-2/h3-10,23H,11-12H2,1-2H3,(H2,20,21,22). The van der Waals surface area contributed by atoms with Gasteiger partial charge in [0.25, 0.3) is 0 Å². The molecule has 2 aromatic rings. The zero-order valence-corrected chi connectivity index (χ0v) is 14.5. The number of anilines is 1. The largest absolute Gasteiger partial charge is 0.384 e. The highest BCUT2D eigenvalue weighted by Gasteiger charge is 2.23. The van der Waals surface area contributed by atoms with Crippen LogP contribution in [0.3, 0.4) is 0 Å². The molecule has 24 heavy (non-hydrogen) atoms. The van der Waals surface area contributed by atoms with Crippen LogP contribution in [0.25, 0.3) is 0 Å². The Kier molecular flexibility index (Phi) is 6.23. The number of halogens is 1. The molecule has 128 valence electrons. The van der Waals surface area contributed by atoms with E-state index < -0.39 is 11.6 Å². The lowest BCUT2D eigenvalue weighted by Gasteiger charge is -2.24. The number of thioether (sulfide) groups is 1. The van der Waals surface area contributed by atoms with Crippen molar-refractivity contribution < 1.29 is 14.3 Å². The van der Waals surface area contributed by atoms with Crippen LogP contribution in [-0.4, -0.2) is 23.9 Å². The molecule has 2 rings (SSSR count). The minimum Gasteiger partial charge on any atom is -0.384 e. The van der Waals surface area contributed by atoms with Crippen molar-refractivity contribution in [1.29, 1.82) is 0 Å². The first-order chi connectivity index (χ1) is 11.4. The van der Waals surface area contributed by atoms with Gasteiger partial charge in [0.2, 0.25) is 0 Å². The van der Waals surface area contributed by atoms with Gasteiger partial charge in [-0.25, -0.2) is 9.18 Å². The van der Waals surface area contributed by atoms with Gasteiger partial charge in [0.15, 0.2) is 0 Å². The Bertz CT molecular complexity index is 672. The van der Waals surface area contributed by atoms with E-state index in [9.17, 15) is 14.3 Å². The van der Waals surface area contributed by atoms with Crippen LogP contribution in [0.1, 0.15) is 18.1 Å². The highest BCUT2D eigenvalue weighted by atomic mass is 32.2. The van der Waals surface area contributed by atoms with E-state index >= 15 is 0 Å². The molecule has 0 heterocycles. The van der Waals surface area contributed by atoms with Crippen molar-refractivity contribution in [2.24, 2.45) is 0 Å². The monoisotopic (exact) mass is 348 g/mol. The van der Waals surface area contributed by atoms with Crippen molar-refractivity contribution >= 4 is 23.5 Å². The molecule has 2 amide bonds. The molecular weight excluding hydrogens is 327 g/mol. The predicted octanol–water partition coefficient (Wildman–Crippen LogP) is 3.72. The Morgan fingerprint density at radius 2 is 1.79 bits per heavy atom. The molecule has 3 N–H and O–H groups in total. The Hall–Kier alpha value is -2.05. The summed E-state index contributed by atoms with van der Waals surface area (Å²) in [6, 6.07) is 12.7. The molecule has 1 atom stereocenters. The summed E-state index contributed by atoms with van der Waals surface area (Å²) in [5.74, 6) is 0.553. The van der Waals surface area contributed by atoms with E-state index in [1.54, 1.807) is 18.7 Å². The molecule has 0 radical (unpaired) electrons. The van der Waals surface area contributed by atoms with Gasteiger partial charge in [-0.15, -0.1) is 0 Å². The topological polar surface area (TPSA) is 61.4 Å². The molecule has 0 aliphatic heterocycles. The van der Waals surface area contributed by atoms with Gasteiger partial charge in [-0.05, 0) is 48.6 Å². The van der Waals surface area contributed by atoms with E-state index in [1.807, 2.05) is 30.5 Å². The Labute approximate surface area is 145 Å². The van der Waals surface area contributed by atoms with Gasteiger partial charge in [0, 0.05) is 11.4 Å². The lowest BCUT2D eigenvalue weighted by molar-refractivity contribution is 0.0599. The average molecular weight is 348 g/mol. The van der Waals surface area contributed by atoms with E-state index in [2.05, 4.69) is 10.6 Å². The summed E-state index contributed by atoms with van der Waals surface area (Å²) in [5, 5.41) is 15.8. The summed E-state index contributed by atoms with van der Waals surface area (Å²) < 4.78 is 12.9. The lowest BCUT2D eigenvalue weighted by Crippen LogP contribution is -2.40. The number of hydrogen-bond acceptors (Lipinski definition) is 3. The minimum absolute atomic E-state index is 0.00895. The summed E-state index contributed by atoms with van der Waals surface area (Å²) in [4.78, 5) is 12.0. The van der Waals surface area contributed by atoms with Gasteiger partial charge >= 0.3 is 6.03 Å². The summed E-state index contributed by atoms with van der Waals surface area (Å²) in [6.45, 7) is 1.58. The smallest absolute Gasteiger partial charge is 0.319 e. The van der Waals surface area contributed by atoms with Crippen molar-refractivity contribution in [3.63, 3.8) is 0 Å². The predicted molar refractivity (Wildman–Crippen MR) is 96.7 cm³/mol. The Morgan fingerprint density at radius 1 is 1.17 bits per heavy atom. The molecule has 0 bridgehead atoms. The molecular formula is C18H21FN2O2S. The fourth-order valence-electron chi connectivity index (χ4n) is 2.19. The maximum absolute atomic E-state index is 12.9. The average Bonchev–Trinajstić information content (AvgIpc) is 2.56. The number of aliphatic hydroxyl groups is 1. The third-order valence-electron chi connectivity index (χ3n) is 3.58. The summed E-state index contributed by atoms with van der Waals surface area (Å²) >= 11 is 1.73. The number of rotatable bonds is 6. The molecule has 2 aromatic carbocycles. The van der Waals surface area contributed by atoms with Gasteiger partial charge in [-0.1, -0.05) is 24.3 Å². The van der Waals surface area contributed by atoms with E-state index in [1.165, 1.54) is 29.8 Å². The number of benzene rings is 2. The van der Waals surface area contributed by atoms with Crippen LogP contribution in [-0.2, 0) is 11.4 Å². The second kappa shape index (κ2) is 8.17. The molecule has 0 saturated carbocycles. The van der Waals surface area contributed by atoms with Gasteiger partial charge in [0.1, 0.15) is 11.4 Å². The van der Waals surface area contributed by atoms with E-state index in [0.29, 0.717) is 11.3 Å². The lowest BCUT2D eigenvalue weighted by atomic mass is 9.96. The maximum atomic E-state index is 12.9. The number of urea groups is 1. The number of amides is 2. The summed E-state index contributed by atoms with van der Waals surface area (Å²) in [7, 11) is 0. The minimum atomic E-state index is -1.28. The normalized spacial score (nSPS) is 13.2. The second-order valence-electron chi connectivity index (χ2n) is 5.72. The van der Waals surface area contributed by atoms with Crippen LogP contribution in [0.4, 0.5) is 14.9 Å². The summed E-state index contributed by atoms with van der Waals surface area (Å²) in [6.07, 6.45) is 2.03. The van der Waals surface area contributed by atoms with Crippen molar-refractivity contribution in [2.45, 2.75) is 18.3 Å². The second-order valence-corrected chi connectivity index (χ2v) is 6.58. The van der Waals surface area contributed by atoms with Crippen LogP contribution >= 0.6 is 11.8 Å². The van der Waals surface area contributed by atoms with Crippen molar-refractivity contribution in [3.05, 3.63) is 65.5 Å². The fraction of sp³-hybridized carbons (Fsp3) is 0.278. The highest BCUT2D eigenvalue weighted by Crippen LogP contribution is 2.20. The zero-order chi connectivity index (χ0) is 17.6. The zero-order valence-electron chi connectivity index (χ0n) is 13.7. The molecule has 0 spiro atoms. The summed E-state index contributed by atoms with van der Waals surface area (Å²) in [5.41, 5.74) is 1.12. The molecule has 4 nitrogen and oxygen atoms in total. The van der Waals surface area contributed by atoms with Crippen molar-refractivity contribution in [3.8, 4) is 0 Å². The van der Waals surface area contributed by atoms with Crippen LogP contribution in [0.2, 0.25) is 0 Å². The molecule has 0 fully saturated rings. The first kappa shape index (κ1) is 18.3. The van der Waals surface area contributed by atoms with E-state index in [-0.39, 0.29) is 12.4 Å². The molecule has 0 saturated heterocycles. The third kappa shape index (κ3) is 5.25. The van der Waals surface area contributed by atoms with Gasteiger partial charge in [-0.3, -0.25) is 0 Å². The Balaban J connectivity index is 1.88. The van der Waals surface area contributed by atoms with E-state index in [4.69, 9.17) is 0 Å². The number of hydrogen-bond donors (Lipinski definition) is 3. The quantitative estimate of drug-likeness (QED) is 0.746.